The Bertz CT molecular complexity index is 1760. The Morgan fingerprint density at radius 2 is 1.60 bits per heavy atom. The number of nitrogens with one attached hydrogen (secondary N) is 3. The van der Waals surface area contributed by atoms with Gasteiger partial charge in [-0.2, -0.15) is 5.10 Å². The van der Waals surface area contributed by atoms with Gasteiger partial charge in [-0.05, 0) is 54.8 Å². The third-order valence-corrected chi connectivity index (χ3v) is 8.21. The lowest BCUT2D eigenvalue weighted by molar-refractivity contribution is -0.120. The lowest BCUT2D eigenvalue weighted by Crippen LogP contribution is -2.38. The fourth-order valence-corrected chi connectivity index (χ4v) is 5.74. The second-order valence-electron chi connectivity index (χ2n) is 11.1. The summed E-state index contributed by atoms with van der Waals surface area (Å²) in [5.74, 6) is -0.0354. The lowest BCUT2D eigenvalue weighted by Gasteiger charge is -2.26. The van der Waals surface area contributed by atoms with Crippen LogP contribution in [0.15, 0.2) is 71.8 Å². The van der Waals surface area contributed by atoms with Crippen LogP contribution in [0.4, 0.5) is 25.0 Å². The molecular weight excluding hydrogens is 651 g/mol. The molecule has 5 rings (SSSR count). The Kier molecular flexibility index (Phi) is 11.5. The summed E-state index contributed by atoms with van der Waals surface area (Å²) >= 11 is 12.1. The zero-order valence-electron chi connectivity index (χ0n) is 25.3. The summed E-state index contributed by atoms with van der Waals surface area (Å²) < 4.78 is 27.4. The molecule has 0 saturated carbocycles. The van der Waals surface area contributed by atoms with Crippen LogP contribution < -0.4 is 21.5 Å². The smallest absolute Gasteiger partial charge is 0.323 e. The van der Waals surface area contributed by atoms with Gasteiger partial charge in [0.05, 0.1) is 27.8 Å². The van der Waals surface area contributed by atoms with Gasteiger partial charge in [0.2, 0.25) is 5.91 Å². The largest absolute Gasteiger partial charge is 0.355 e. The standard InChI is InChI=1S/C33H33Cl2F2N7O3/c34-25-18-38-19-26(35)31(25)41-33(47)40-28-17-27(42-44(32(28)46)20-29(36)37)24-6-4-5-23(16-24)22-9-7-21(8-10-22)15-30(45)39-11-14-43-12-2-1-3-13-43/h4-10,16-19,29H,1-3,11-15,20H2,(H,39,45)(H2,38,40,41,47). The molecule has 0 radical (unpaired) electrons. The van der Waals surface area contributed by atoms with Crippen molar-refractivity contribution in [3.8, 4) is 22.4 Å². The third-order valence-electron chi connectivity index (χ3n) is 7.63. The van der Waals surface area contributed by atoms with Crippen molar-refractivity contribution in [1.82, 2.24) is 25.0 Å². The van der Waals surface area contributed by atoms with Crippen molar-refractivity contribution < 1.29 is 18.4 Å². The Morgan fingerprint density at radius 1 is 0.894 bits per heavy atom. The molecule has 2 aromatic heterocycles. The highest BCUT2D eigenvalue weighted by molar-refractivity contribution is 6.39. The number of carbonyl (C=O) groups excluding carboxylic acids is 2. The number of likely N-dealkylation sites (tertiary alicyclic amines) is 1. The first-order valence-electron chi connectivity index (χ1n) is 15.1. The first-order chi connectivity index (χ1) is 22.7. The minimum atomic E-state index is -2.87. The molecule has 10 nitrogen and oxygen atoms in total. The molecule has 3 N–H and O–H groups in total. The highest BCUT2D eigenvalue weighted by Gasteiger charge is 2.18. The minimum absolute atomic E-state index is 0.0354. The normalized spacial score (nSPS) is 13.4. The quantitative estimate of drug-likeness (QED) is 0.170. The molecule has 1 aliphatic rings. The number of benzene rings is 2. The number of piperidine rings is 1. The first-order valence-corrected chi connectivity index (χ1v) is 15.9. The van der Waals surface area contributed by atoms with Gasteiger partial charge in [0, 0.05) is 31.0 Å². The summed E-state index contributed by atoms with van der Waals surface area (Å²) in [6.45, 7) is 2.68. The van der Waals surface area contributed by atoms with Gasteiger partial charge >= 0.3 is 6.03 Å². The predicted octanol–water partition coefficient (Wildman–Crippen LogP) is 6.33. The van der Waals surface area contributed by atoms with E-state index in [2.05, 4.69) is 30.9 Å². The minimum Gasteiger partial charge on any atom is -0.355 e. The molecule has 1 saturated heterocycles. The van der Waals surface area contributed by atoms with E-state index in [1.807, 2.05) is 30.3 Å². The number of nitrogens with zero attached hydrogens (tertiary/aromatic N) is 4. The van der Waals surface area contributed by atoms with Crippen molar-refractivity contribution in [1.29, 1.82) is 0 Å². The number of hydrogen-bond donors (Lipinski definition) is 3. The van der Waals surface area contributed by atoms with Crippen LogP contribution in [0.1, 0.15) is 24.8 Å². The van der Waals surface area contributed by atoms with Gasteiger partial charge in [-0.3, -0.25) is 14.6 Å². The van der Waals surface area contributed by atoms with Crippen LogP contribution in [-0.2, 0) is 17.8 Å². The Morgan fingerprint density at radius 3 is 2.30 bits per heavy atom. The molecule has 0 bridgehead atoms. The van der Waals surface area contributed by atoms with Crippen LogP contribution in [0.3, 0.4) is 0 Å². The van der Waals surface area contributed by atoms with Crippen LogP contribution >= 0.6 is 23.2 Å². The average Bonchev–Trinajstić information content (AvgIpc) is 3.05. The summed E-state index contributed by atoms with van der Waals surface area (Å²) in [4.78, 5) is 44.4. The Hall–Kier alpha value is -4.39. The van der Waals surface area contributed by atoms with Gasteiger partial charge in [-0.1, -0.05) is 72.1 Å². The number of hydrogen-bond acceptors (Lipinski definition) is 6. The third kappa shape index (κ3) is 9.34. The lowest BCUT2D eigenvalue weighted by atomic mass is 9.99. The Labute approximate surface area is 280 Å². The topological polar surface area (TPSA) is 121 Å². The highest BCUT2D eigenvalue weighted by Crippen LogP contribution is 2.29. The summed E-state index contributed by atoms with van der Waals surface area (Å²) in [5.41, 5.74) is 2.08. The van der Waals surface area contributed by atoms with Gasteiger partial charge in [0.15, 0.2) is 0 Å². The number of aromatic nitrogens is 3. The zero-order chi connectivity index (χ0) is 33.3. The van der Waals surface area contributed by atoms with Crippen LogP contribution in [0.25, 0.3) is 22.4 Å². The van der Waals surface area contributed by atoms with Gasteiger partial charge in [0.1, 0.15) is 12.2 Å². The van der Waals surface area contributed by atoms with E-state index < -0.39 is 24.6 Å². The number of rotatable bonds is 11. The second kappa shape index (κ2) is 15.9. The molecule has 14 heteroatoms. The molecule has 0 aliphatic carbocycles. The Balaban J connectivity index is 1.30. The van der Waals surface area contributed by atoms with Gasteiger partial charge in [-0.25, -0.2) is 18.3 Å². The monoisotopic (exact) mass is 683 g/mol. The van der Waals surface area contributed by atoms with Crippen molar-refractivity contribution in [3.63, 3.8) is 0 Å². The number of alkyl halides is 2. The molecule has 1 fully saturated rings. The zero-order valence-corrected chi connectivity index (χ0v) is 26.8. The first kappa shape index (κ1) is 34.0. The van der Waals surface area contributed by atoms with E-state index in [0.717, 1.165) is 36.3 Å². The predicted molar refractivity (Wildman–Crippen MR) is 179 cm³/mol. The maximum absolute atomic E-state index is 13.4. The van der Waals surface area contributed by atoms with Gasteiger partial charge in [-0.15, -0.1) is 0 Å². The fourth-order valence-electron chi connectivity index (χ4n) is 5.28. The number of amides is 3. The molecule has 246 valence electrons. The molecule has 4 aromatic rings. The maximum atomic E-state index is 13.4. The number of urea groups is 1. The molecule has 3 heterocycles. The molecular formula is C33H33Cl2F2N7O3. The summed E-state index contributed by atoms with van der Waals surface area (Å²) in [6.07, 6.45) is 3.64. The van der Waals surface area contributed by atoms with E-state index in [9.17, 15) is 23.2 Å². The van der Waals surface area contributed by atoms with Crippen LogP contribution in [0, 0.1) is 0 Å². The average molecular weight is 685 g/mol. The number of pyridine rings is 1. The van der Waals surface area contributed by atoms with E-state index in [1.165, 1.54) is 37.7 Å². The van der Waals surface area contributed by atoms with Crippen LogP contribution in [-0.4, -0.2) is 64.2 Å². The number of anilines is 2. The van der Waals surface area contributed by atoms with Gasteiger partial charge < -0.3 is 20.9 Å². The molecule has 3 amide bonds. The van der Waals surface area contributed by atoms with Crippen molar-refractivity contribution >= 4 is 46.5 Å². The molecule has 0 unspecified atom stereocenters. The molecule has 0 atom stereocenters. The molecule has 47 heavy (non-hydrogen) atoms. The highest BCUT2D eigenvalue weighted by atomic mass is 35.5. The van der Waals surface area contributed by atoms with Crippen molar-refractivity contribution in [2.45, 2.75) is 38.7 Å². The molecule has 1 aliphatic heterocycles. The maximum Gasteiger partial charge on any atom is 0.323 e. The fraction of sp³-hybridized carbons (Fsp3) is 0.303. The molecule has 0 spiro atoms. The van der Waals surface area contributed by atoms with Crippen molar-refractivity contribution in [3.05, 3.63) is 93.0 Å². The molecule has 2 aromatic carbocycles. The second-order valence-corrected chi connectivity index (χ2v) is 11.9. The van der Waals surface area contributed by atoms with Crippen LogP contribution in [0.5, 0.6) is 0 Å². The van der Waals surface area contributed by atoms with E-state index in [-0.39, 0.29) is 39.4 Å². The summed E-state index contributed by atoms with van der Waals surface area (Å²) in [5, 5.41) is 12.1. The van der Waals surface area contributed by atoms with Crippen LogP contribution in [0.2, 0.25) is 10.0 Å². The SMILES string of the molecule is O=C(Cc1ccc(-c2cccc(-c3cc(NC(=O)Nc4c(Cl)cncc4Cl)c(=O)n(CC(F)F)n3)c2)cc1)NCCN1CCCCC1. The summed E-state index contributed by atoms with van der Waals surface area (Å²) in [7, 11) is 0. The summed E-state index contributed by atoms with van der Waals surface area (Å²) in [6, 6.07) is 15.1. The van der Waals surface area contributed by atoms with E-state index in [1.54, 1.807) is 18.2 Å². The van der Waals surface area contributed by atoms with E-state index >= 15 is 0 Å². The van der Waals surface area contributed by atoms with Crippen molar-refractivity contribution in [2.24, 2.45) is 0 Å². The number of halogens is 4. The van der Waals surface area contributed by atoms with Crippen molar-refractivity contribution in [2.75, 3.05) is 36.8 Å². The van der Waals surface area contributed by atoms with E-state index in [4.69, 9.17) is 23.2 Å². The van der Waals surface area contributed by atoms with E-state index in [0.29, 0.717) is 16.8 Å². The van der Waals surface area contributed by atoms with Gasteiger partial charge in [0.25, 0.3) is 12.0 Å². The number of carbonyl (C=O) groups is 2.